The van der Waals surface area contributed by atoms with Gasteiger partial charge in [-0.05, 0) is 0 Å². The normalized spacial score (nSPS) is 18.1. The molecule has 0 aromatic carbocycles. The Hall–Kier alpha value is -0.0462. The number of hydrogen-bond donors (Lipinski definition) is 0. The first kappa shape index (κ1) is 32.1. The Morgan fingerprint density at radius 2 is 0.600 bits per heavy atom. The molecule has 0 atom stereocenters. The number of carboxylic acid groups (broad SMARTS) is 4. The maximum atomic E-state index is 11.0. The van der Waals surface area contributed by atoms with Gasteiger partial charge in [-0.3, -0.25) is 19.6 Å². The SMILES string of the molecule is O=C([O-])CN1CCN(CC(=O)[O-])CCN(CC(=O)[O-])CCN(CC(=O)[O-])CC1.[177Lu+3].[Na+]. The van der Waals surface area contributed by atoms with Crippen molar-refractivity contribution in [2.75, 3.05) is 78.5 Å². The summed E-state index contributed by atoms with van der Waals surface area (Å²) in [6.45, 7) is 0.155. The van der Waals surface area contributed by atoms with Crippen molar-refractivity contribution in [1.82, 2.24) is 19.6 Å². The first-order chi connectivity index (χ1) is 13.2. The number of aliphatic carboxylic acids is 4. The van der Waals surface area contributed by atoms with Crippen molar-refractivity contribution < 1.29 is 106 Å². The summed E-state index contributed by atoms with van der Waals surface area (Å²) in [5.41, 5.74) is 0. The summed E-state index contributed by atoms with van der Waals surface area (Å²) in [5.74, 6) is -5.20. The zero-order chi connectivity index (χ0) is 21.1. The molecule has 0 saturated carbocycles. The summed E-state index contributed by atoms with van der Waals surface area (Å²) in [7, 11) is 0. The molecule has 0 aromatic rings. The molecule has 0 spiro atoms. The van der Waals surface area contributed by atoms with E-state index in [1.807, 2.05) is 0 Å². The third-order valence-electron chi connectivity index (χ3n) is 4.34. The van der Waals surface area contributed by atoms with Gasteiger partial charge in [-0.25, -0.2) is 0 Å². The Kier molecular flexibility index (Phi) is 18.7. The van der Waals surface area contributed by atoms with Crippen LogP contribution in [0.1, 0.15) is 0 Å². The number of hydrogen-bond acceptors (Lipinski definition) is 12. The molecule has 1 saturated heterocycles. The summed E-state index contributed by atoms with van der Waals surface area (Å²) in [6.07, 6.45) is 0. The van der Waals surface area contributed by atoms with Crippen LogP contribution >= 0.6 is 0 Å². The van der Waals surface area contributed by atoms with Gasteiger partial charge < -0.3 is 39.6 Å². The van der Waals surface area contributed by atoms with Gasteiger partial charge in [0.05, 0.1) is 23.9 Å². The van der Waals surface area contributed by atoms with E-state index in [2.05, 4.69) is 0 Å². The molecule has 30 heavy (non-hydrogen) atoms. The second-order valence-electron chi connectivity index (χ2n) is 6.59. The van der Waals surface area contributed by atoms with Crippen molar-refractivity contribution in [2.45, 2.75) is 0 Å². The van der Waals surface area contributed by atoms with Crippen molar-refractivity contribution in [1.29, 1.82) is 0 Å². The van der Waals surface area contributed by atoms with E-state index in [-0.39, 0.29) is 145 Å². The Bertz CT molecular complexity index is 459. The largest absolute Gasteiger partial charge is 3.00 e. The fraction of sp³-hybridized carbons (Fsp3) is 0.750. The topological polar surface area (TPSA) is 173 Å². The maximum Gasteiger partial charge on any atom is 3.00 e. The Balaban J connectivity index is 0. The average Bonchev–Trinajstić information content (AvgIpc) is 2.55. The number of carbonyl (C=O) groups is 4. The van der Waals surface area contributed by atoms with E-state index in [9.17, 15) is 39.6 Å². The maximum absolute atomic E-state index is 11.0. The molecule has 1 rings (SSSR count). The molecule has 0 bridgehead atoms. The molecule has 1 aliphatic heterocycles. The first-order valence-electron chi connectivity index (χ1n) is 8.84. The average molecular weight is 600 g/mol. The third kappa shape index (κ3) is 15.7. The van der Waals surface area contributed by atoms with Gasteiger partial charge in [-0.2, -0.15) is 0 Å². The van der Waals surface area contributed by atoms with Crippen LogP contribution < -0.4 is 50.0 Å². The van der Waals surface area contributed by atoms with E-state index in [1.54, 1.807) is 0 Å². The van der Waals surface area contributed by atoms with Crippen LogP contribution in [-0.2, 0) is 19.2 Å². The van der Waals surface area contributed by atoms with Crippen LogP contribution in [0, 0.1) is 36.9 Å². The minimum absolute atomic E-state index is 0. The minimum Gasteiger partial charge on any atom is -0.549 e. The molecule has 0 N–H and O–H groups in total. The number of carboxylic acids is 4. The molecular formula is C16H24LuN4NaO8. The van der Waals surface area contributed by atoms with Crippen molar-refractivity contribution >= 4 is 23.9 Å². The van der Waals surface area contributed by atoms with E-state index >= 15 is 0 Å². The summed E-state index contributed by atoms with van der Waals surface area (Å²) in [5, 5.41) is 43.8. The standard InChI is InChI=1S/C16H28N4O8.Lu.Na/c21-13(22)9-17-1-2-18(10-14(23)24)5-6-20(12-16(27)28)8-7-19(4-3-17)11-15(25)26;;/h1-12H2,(H,21,22)(H,23,24)(H,25,26)(H,27,28);;/q;+3;+1/p-4/i;1+2;. The van der Waals surface area contributed by atoms with Crippen LogP contribution in [0.5, 0.6) is 0 Å². The van der Waals surface area contributed by atoms with Gasteiger partial charge in [0.1, 0.15) is 0 Å². The molecule has 0 radical (unpaired) electrons. The summed E-state index contributed by atoms with van der Waals surface area (Å²) in [6, 6.07) is 0. The van der Waals surface area contributed by atoms with Gasteiger partial charge >= 0.3 is 66.4 Å². The first-order valence-corrected chi connectivity index (χ1v) is 8.84. The molecule has 0 unspecified atom stereocenters. The van der Waals surface area contributed by atoms with Gasteiger partial charge in [0.15, 0.2) is 0 Å². The van der Waals surface area contributed by atoms with E-state index < -0.39 is 23.9 Å². The van der Waals surface area contributed by atoms with Crippen LogP contribution in [0.15, 0.2) is 0 Å². The van der Waals surface area contributed by atoms with Gasteiger partial charge in [-0.15, -0.1) is 0 Å². The predicted octanol–water partition coefficient (Wildman–Crippen LogP) is -10.8. The molecular weight excluding hydrogens is 576 g/mol. The third-order valence-corrected chi connectivity index (χ3v) is 4.34. The molecule has 1 fully saturated rings. The quantitative estimate of drug-likeness (QED) is 0.241. The number of carbonyl (C=O) groups excluding carboxylic acids is 4. The molecule has 0 aromatic heterocycles. The molecule has 0 amide bonds. The van der Waals surface area contributed by atoms with Gasteiger partial charge in [0.25, 0.3) is 0 Å². The molecule has 1 aliphatic rings. The smallest absolute Gasteiger partial charge is 0.549 e. The van der Waals surface area contributed by atoms with Crippen molar-refractivity contribution in [3.63, 3.8) is 0 Å². The molecule has 172 valence electrons. The number of rotatable bonds is 8. The fourth-order valence-electron chi connectivity index (χ4n) is 2.94. The van der Waals surface area contributed by atoms with Crippen molar-refractivity contribution in [3.05, 3.63) is 0 Å². The Morgan fingerprint density at radius 3 is 0.700 bits per heavy atom. The van der Waals surface area contributed by atoms with E-state index in [0.29, 0.717) is 0 Å². The Morgan fingerprint density at radius 1 is 0.467 bits per heavy atom. The van der Waals surface area contributed by atoms with E-state index in [0.717, 1.165) is 0 Å². The monoisotopic (exact) mass is 600 g/mol. The van der Waals surface area contributed by atoms with Gasteiger partial charge in [0.2, 0.25) is 0 Å². The van der Waals surface area contributed by atoms with Crippen LogP contribution in [0.2, 0.25) is 0 Å². The molecule has 0 aliphatic carbocycles. The summed E-state index contributed by atoms with van der Waals surface area (Å²) < 4.78 is 0. The van der Waals surface area contributed by atoms with Crippen molar-refractivity contribution in [3.8, 4) is 0 Å². The zero-order valence-corrected chi connectivity index (χ0v) is 20.5. The zero-order valence-electron chi connectivity index (χ0n) is 16.8. The van der Waals surface area contributed by atoms with Crippen LogP contribution in [0.25, 0.3) is 0 Å². The van der Waals surface area contributed by atoms with Crippen LogP contribution in [0.3, 0.4) is 0 Å². The van der Waals surface area contributed by atoms with E-state index in [4.69, 9.17) is 0 Å². The van der Waals surface area contributed by atoms with Crippen molar-refractivity contribution in [2.24, 2.45) is 0 Å². The predicted molar refractivity (Wildman–Crippen MR) is 85.8 cm³/mol. The van der Waals surface area contributed by atoms with Crippen LogP contribution in [-0.4, -0.2) is 122 Å². The van der Waals surface area contributed by atoms with Gasteiger partial charge in [0, 0.05) is 78.5 Å². The molecule has 12 nitrogen and oxygen atoms in total. The second-order valence-corrected chi connectivity index (χ2v) is 6.59. The van der Waals surface area contributed by atoms with Crippen LogP contribution in [0.4, 0.5) is 0 Å². The van der Waals surface area contributed by atoms with Gasteiger partial charge in [-0.1, -0.05) is 0 Å². The molecule has 14 heteroatoms. The second kappa shape index (κ2) is 17.5. The summed E-state index contributed by atoms with van der Waals surface area (Å²) >= 11 is 0. The Labute approximate surface area is 226 Å². The minimum atomic E-state index is -1.30. The molecule has 1 heterocycles. The summed E-state index contributed by atoms with van der Waals surface area (Å²) in [4.78, 5) is 49.9. The fourth-order valence-corrected chi connectivity index (χ4v) is 2.94. The number of nitrogens with zero attached hydrogens (tertiary/aromatic N) is 4. The van der Waals surface area contributed by atoms with E-state index in [1.165, 1.54) is 19.6 Å².